The van der Waals surface area contributed by atoms with E-state index >= 15 is 0 Å². The normalized spacial score (nSPS) is 15.0. The smallest absolute Gasteiger partial charge is 0.271 e. The molecule has 4 aromatic carbocycles. The van der Waals surface area contributed by atoms with Crippen LogP contribution in [0.1, 0.15) is 43.0 Å². The molecule has 0 spiro atoms. The molecule has 214 valence electrons. The number of amidine groups is 1. The Hall–Kier alpha value is -3.56. The molecule has 1 fully saturated rings. The fourth-order valence-corrected chi connectivity index (χ4v) is 6.53. The minimum Gasteiger partial charge on any atom is -0.490 e. The van der Waals surface area contributed by atoms with E-state index in [1.54, 1.807) is 4.90 Å². The number of thioether (sulfide) groups is 1. The number of para-hydroxylation sites is 2. The molecule has 1 aliphatic rings. The third-order valence-electron chi connectivity index (χ3n) is 6.86. The van der Waals surface area contributed by atoms with Gasteiger partial charge in [-0.3, -0.25) is 9.69 Å². The van der Waals surface area contributed by atoms with Gasteiger partial charge < -0.3 is 9.47 Å². The van der Waals surface area contributed by atoms with Crippen LogP contribution in [0, 0.1) is 3.57 Å². The van der Waals surface area contributed by atoms with Gasteiger partial charge in [0.2, 0.25) is 0 Å². The fraction of sp³-hybridized carbons (Fsp3) is 0.200. The highest BCUT2D eigenvalue weighted by Crippen LogP contribution is 2.41. The Morgan fingerprint density at radius 2 is 1.55 bits per heavy atom. The minimum absolute atomic E-state index is 0.0917. The standard InChI is InChI=1S/C35H33IN2O3S/c1-4-26-16-10-12-18-29(26)37-35-38(30-19-13-11-17-27(30)5-2)34(39)32(42-35)22-25-20-28(36)33(31(21-25)40-6-3)41-23-24-14-8-7-9-15-24/h7-22H,4-6,23H2,1-3H3. The zero-order valence-electron chi connectivity index (χ0n) is 24.0. The van der Waals surface area contributed by atoms with Crippen molar-refractivity contribution < 1.29 is 14.3 Å². The van der Waals surface area contributed by atoms with Crippen LogP contribution in [0.25, 0.3) is 6.08 Å². The first-order valence-corrected chi connectivity index (χ1v) is 16.0. The van der Waals surface area contributed by atoms with Gasteiger partial charge in [-0.25, -0.2) is 4.99 Å². The van der Waals surface area contributed by atoms with Crippen molar-refractivity contribution in [3.8, 4) is 11.5 Å². The lowest BCUT2D eigenvalue weighted by atomic mass is 10.1. The quantitative estimate of drug-likeness (QED) is 0.123. The van der Waals surface area contributed by atoms with Gasteiger partial charge in [-0.1, -0.05) is 80.6 Å². The van der Waals surface area contributed by atoms with Gasteiger partial charge in [-0.2, -0.15) is 0 Å². The third-order valence-corrected chi connectivity index (χ3v) is 8.63. The van der Waals surface area contributed by atoms with E-state index < -0.39 is 0 Å². The van der Waals surface area contributed by atoms with Crippen LogP contribution in [0.15, 0.2) is 101 Å². The van der Waals surface area contributed by atoms with Gasteiger partial charge in [0, 0.05) is 0 Å². The molecule has 0 radical (unpaired) electrons. The van der Waals surface area contributed by atoms with Crippen molar-refractivity contribution in [3.05, 3.63) is 122 Å². The highest BCUT2D eigenvalue weighted by atomic mass is 127. The second kappa shape index (κ2) is 14.1. The van der Waals surface area contributed by atoms with Gasteiger partial charge in [-0.05, 0) is 107 Å². The number of halogens is 1. The van der Waals surface area contributed by atoms with Gasteiger partial charge in [0.15, 0.2) is 16.7 Å². The number of rotatable bonds is 10. The number of anilines is 1. The topological polar surface area (TPSA) is 51.1 Å². The lowest BCUT2D eigenvalue weighted by Gasteiger charge is -2.19. The van der Waals surface area contributed by atoms with Crippen LogP contribution in [0.2, 0.25) is 0 Å². The zero-order chi connectivity index (χ0) is 29.5. The Labute approximate surface area is 265 Å². The first kappa shape index (κ1) is 29.9. The van der Waals surface area contributed by atoms with Crippen LogP contribution in [-0.2, 0) is 24.2 Å². The van der Waals surface area contributed by atoms with E-state index in [-0.39, 0.29) is 5.91 Å². The van der Waals surface area contributed by atoms with Crippen LogP contribution in [0.3, 0.4) is 0 Å². The fourth-order valence-electron chi connectivity index (χ4n) is 4.77. The second-order valence-electron chi connectivity index (χ2n) is 9.65. The van der Waals surface area contributed by atoms with Crippen molar-refractivity contribution >= 4 is 62.9 Å². The van der Waals surface area contributed by atoms with Gasteiger partial charge in [0.25, 0.3) is 5.91 Å². The van der Waals surface area contributed by atoms with Crippen LogP contribution in [0.4, 0.5) is 11.4 Å². The van der Waals surface area contributed by atoms with Crippen LogP contribution < -0.4 is 14.4 Å². The average molecular weight is 689 g/mol. The van der Waals surface area contributed by atoms with E-state index in [1.165, 1.54) is 11.8 Å². The number of ether oxygens (including phenoxy) is 2. The Morgan fingerprint density at radius 3 is 2.29 bits per heavy atom. The predicted molar refractivity (Wildman–Crippen MR) is 183 cm³/mol. The van der Waals surface area contributed by atoms with Crippen molar-refractivity contribution in [3.63, 3.8) is 0 Å². The molecular weight excluding hydrogens is 655 g/mol. The maximum atomic E-state index is 14.1. The molecule has 4 aromatic rings. The molecule has 0 bridgehead atoms. The summed E-state index contributed by atoms with van der Waals surface area (Å²) in [4.78, 5) is 21.4. The highest BCUT2D eigenvalue weighted by molar-refractivity contribution is 14.1. The zero-order valence-corrected chi connectivity index (χ0v) is 26.9. The molecule has 5 rings (SSSR count). The van der Waals surface area contributed by atoms with Crippen molar-refractivity contribution in [2.24, 2.45) is 4.99 Å². The number of aliphatic imine (C=N–C) groups is 1. The lowest BCUT2D eigenvalue weighted by molar-refractivity contribution is -0.113. The molecule has 0 aliphatic carbocycles. The minimum atomic E-state index is -0.0917. The summed E-state index contributed by atoms with van der Waals surface area (Å²) in [5.74, 6) is 1.26. The summed E-state index contributed by atoms with van der Waals surface area (Å²) in [6, 6.07) is 30.2. The number of hydrogen-bond acceptors (Lipinski definition) is 5. The summed E-state index contributed by atoms with van der Waals surface area (Å²) in [7, 11) is 0. The largest absolute Gasteiger partial charge is 0.490 e. The van der Waals surface area contributed by atoms with Crippen molar-refractivity contribution in [2.45, 2.75) is 40.2 Å². The predicted octanol–water partition coefficient (Wildman–Crippen LogP) is 9.20. The van der Waals surface area contributed by atoms with E-state index in [0.29, 0.717) is 34.8 Å². The van der Waals surface area contributed by atoms with Crippen molar-refractivity contribution in [2.75, 3.05) is 11.5 Å². The molecule has 7 heteroatoms. The molecule has 1 amide bonds. The SMILES string of the molecule is CCOc1cc(C=C2SC(=Nc3ccccc3CC)N(c3ccccc3CC)C2=O)cc(I)c1OCc1ccccc1. The van der Waals surface area contributed by atoms with Gasteiger partial charge in [0.1, 0.15) is 6.61 Å². The Morgan fingerprint density at radius 1 is 0.857 bits per heavy atom. The van der Waals surface area contributed by atoms with E-state index in [2.05, 4.69) is 48.6 Å². The maximum absolute atomic E-state index is 14.1. The molecule has 0 unspecified atom stereocenters. The first-order valence-electron chi connectivity index (χ1n) is 14.1. The molecule has 42 heavy (non-hydrogen) atoms. The van der Waals surface area contributed by atoms with Crippen LogP contribution >= 0.6 is 34.4 Å². The highest BCUT2D eigenvalue weighted by Gasteiger charge is 2.36. The molecule has 1 saturated heterocycles. The molecular formula is C35H33IN2O3S. The van der Waals surface area contributed by atoms with E-state index in [0.717, 1.165) is 50.0 Å². The van der Waals surface area contributed by atoms with E-state index in [1.807, 2.05) is 91.9 Å². The molecule has 1 heterocycles. The number of nitrogens with zero attached hydrogens (tertiary/aromatic N) is 2. The average Bonchev–Trinajstić information content (AvgIpc) is 3.31. The molecule has 0 atom stereocenters. The van der Waals surface area contributed by atoms with Crippen molar-refractivity contribution in [1.82, 2.24) is 0 Å². The van der Waals surface area contributed by atoms with Gasteiger partial charge >= 0.3 is 0 Å². The summed E-state index contributed by atoms with van der Waals surface area (Å²) < 4.78 is 13.1. The van der Waals surface area contributed by atoms with E-state index in [9.17, 15) is 4.79 Å². The summed E-state index contributed by atoms with van der Waals surface area (Å²) >= 11 is 3.67. The molecule has 0 saturated carbocycles. The Bertz CT molecular complexity index is 1630. The number of benzene rings is 4. The van der Waals surface area contributed by atoms with E-state index in [4.69, 9.17) is 14.5 Å². The summed E-state index contributed by atoms with van der Waals surface area (Å²) in [6.07, 6.45) is 3.59. The van der Waals surface area contributed by atoms with Gasteiger partial charge in [-0.15, -0.1) is 0 Å². The molecule has 0 aromatic heterocycles. The maximum Gasteiger partial charge on any atom is 0.271 e. The number of amides is 1. The number of hydrogen-bond donors (Lipinski definition) is 0. The van der Waals surface area contributed by atoms with Crippen molar-refractivity contribution in [1.29, 1.82) is 0 Å². The Balaban J connectivity index is 1.54. The first-order chi connectivity index (χ1) is 20.5. The second-order valence-corrected chi connectivity index (χ2v) is 11.8. The number of carbonyl (C=O) groups is 1. The summed E-state index contributed by atoms with van der Waals surface area (Å²) in [5, 5.41) is 0.649. The third kappa shape index (κ3) is 6.73. The summed E-state index contributed by atoms with van der Waals surface area (Å²) in [5.41, 5.74) is 5.92. The molecule has 1 aliphatic heterocycles. The van der Waals surface area contributed by atoms with Crippen LogP contribution in [0.5, 0.6) is 11.5 Å². The molecule has 0 N–H and O–H groups in total. The molecule has 5 nitrogen and oxygen atoms in total. The van der Waals surface area contributed by atoms with Gasteiger partial charge in [0.05, 0.1) is 26.5 Å². The van der Waals surface area contributed by atoms with Crippen LogP contribution in [-0.4, -0.2) is 17.7 Å². The number of carbonyl (C=O) groups excluding carboxylic acids is 1. The lowest BCUT2D eigenvalue weighted by Crippen LogP contribution is -2.29. The number of aryl methyl sites for hydroxylation is 2. The Kier molecular flexibility index (Phi) is 10.0. The monoisotopic (exact) mass is 688 g/mol. The summed E-state index contributed by atoms with van der Waals surface area (Å²) in [6.45, 7) is 7.11.